The molecule has 0 aromatic carbocycles. The molecular weight excluding hydrogens is 176 g/mol. The SMILES string of the molecule is CC(C)C1C2CC3CC(=O)OC1C3C2. The molecule has 3 fully saturated rings. The second-order valence-electron chi connectivity index (χ2n) is 5.64. The Balaban J connectivity index is 1.89. The number of rotatable bonds is 1. The van der Waals surface area contributed by atoms with Gasteiger partial charge in [0.1, 0.15) is 6.10 Å². The van der Waals surface area contributed by atoms with Crippen LogP contribution in [-0.2, 0) is 9.53 Å². The number of esters is 1. The zero-order valence-electron chi connectivity index (χ0n) is 8.90. The molecule has 5 unspecified atom stereocenters. The van der Waals surface area contributed by atoms with Crippen molar-refractivity contribution in [3.63, 3.8) is 0 Å². The van der Waals surface area contributed by atoms with Gasteiger partial charge >= 0.3 is 5.97 Å². The summed E-state index contributed by atoms with van der Waals surface area (Å²) in [6.07, 6.45) is 3.59. The molecule has 0 spiro atoms. The van der Waals surface area contributed by atoms with Crippen molar-refractivity contribution in [1.82, 2.24) is 0 Å². The van der Waals surface area contributed by atoms with E-state index in [9.17, 15) is 4.79 Å². The van der Waals surface area contributed by atoms with E-state index in [2.05, 4.69) is 13.8 Å². The fourth-order valence-electron chi connectivity index (χ4n) is 4.21. The van der Waals surface area contributed by atoms with Crippen LogP contribution in [0.15, 0.2) is 0 Å². The van der Waals surface area contributed by atoms with Gasteiger partial charge in [0.25, 0.3) is 0 Å². The van der Waals surface area contributed by atoms with Crippen LogP contribution in [-0.4, -0.2) is 12.1 Å². The Morgan fingerprint density at radius 2 is 2.07 bits per heavy atom. The standard InChI is InChI=1S/C12H18O2/c1-6(2)11-8-3-7-5-10(13)14-12(11)9(7)4-8/h6-9,11-12H,3-5H2,1-2H3. The van der Waals surface area contributed by atoms with Crippen LogP contribution >= 0.6 is 0 Å². The highest BCUT2D eigenvalue weighted by Crippen LogP contribution is 2.58. The highest BCUT2D eigenvalue weighted by Gasteiger charge is 2.57. The van der Waals surface area contributed by atoms with E-state index in [1.54, 1.807) is 0 Å². The second-order valence-corrected chi connectivity index (χ2v) is 5.64. The first-order chi connectivity index (χ1) is 6.66. The third-order valence-electron chi connectivity index (χ3n) is 4.60. The first-order valence-electron chi connectivity index (χ1n) is 5.86. The van der Waals surface area contributed by atoms with Crippen LogP contribution in [0.25, 0.3) is 0 Å². The van der Waals surface area contributed by atoms with E-state index in [1.165, 1.54) is 12.8 Å². The molecule has 2 bridgehead atoms. The van der Waals surface area contributed by atoms with Crippen LogP contribution in [0.4, 0.5) is 0 Å². The molecular formula is C12H18O2. The van der Waals surface area contributed by atoms with Crippen LogP contribution in [0.2, 0.25) is 0 Å². The molecule has 2 nitrogen and oxygen atoms in total. The molecule has 0 aromatic heterocycles. The highest BCUT2D eigenvalue weighted by atomic mass is 16.5. The fourth-order valence-corrected chi connectivity index (χ4v) is 4.21. The Labute approximate surface area is 85.0 Å². The van der Waals surface area contributed by atoms with Crippen molar-refractivity contribution in [2.75, 3.05) is 0 Å². The van der Waals surface area contributed by atoms with Gasteiger partial charge in [-0.3, -0.25) is 4.79 Å². The maximum atomic E-state index is 11.4. The van der Waals surface area contributed by atoms with Crippen molar-refractivity contribution in [2.45, 2.75) is 39.2 Å². The summed E-state index contributed by atoms with van der Waals surface area (Å²) in [5.41, 5.74) is 0. The van der Waals surface area contributed by atoms with Gasteiger partial charge in [-0.25, -0.2) is 0 Å². The third kappa shape index (κ3) is 0.999. The number of hydrogen-bond donors (Lipinski definition) is 0. The molecule has 2 saturated carbocycles. The molecule has 3 rings (SSSR count). The number of carbonyl (C=O) groups is 1. The molecule has 78 valence electrons. The van der Waals surface area contributed by atoms with Crippen LogP contribution in [0.3, 0.4) is 0 Å². The molecule has 0 amide bonds. The monoisotopic (exact) mass is 194 g/mol. The topological polar surface area (TPSA) is 26.3 Å². The van der Waals surface area contributed by atoms with Crippen molar-refractivity contribution < 1.29 is 9.53 Å². The molecule has 0 N–H and O–H groups in total. The normalized spacial score (nSPS) is 49.9. The summed E-state index contributed by atoms with van der Waals surface area (Å²) in [6.45, 7) is 4.53. The minimum absolute atomic E-state index is 0.0576. The van der Waals surface area contributed by atoms with E-state index in [0.717, 1.165) is 5.92 Å². The predicted octanol–water partition coefficient (Wildman–Crippen LogP) is 2.23. The number of hydrogen-bond acceptors (Lipinski definition) is 2. The van der Waals surface area contributed by atoms with Gasteiger partial charge in [0.2, 0.25) is 0 Å². The Morgan fingerprint density at radius 3 is 2.79 bits per heavy atom. The van der Waals surface area contributed by atoms with Gasteiger partial charge in [0.15, 0.2) is 0 Å². The van der Waals surface area contributed by atoms with E-state index < -0.39 is 0 Å². The lowest BCUT2D eigenvalue weighted by Crippen LogP contribution is -2.43. The van der Waals surface area contributed by atoms with Crippen molar-refractivity contribution in [2.24, 2.45) is 29.6 Å². The van der Waals surface area contributed by atoms with E-state index >= 15 is 0 Å². The van der Waals surface area contributed by atoms with Crippen molar-refractivity contribution >= 4 is 5.97 Å². The molecule has 14 heavy (non-hydrogen) atoms. The Kier molecular flexibility index (Phi) is 1.71. The summed E-state index contributed by atoms with van der Waals surface area (Å²) < 4.78 is 5.55. The quantitative estimate of drug-likeness (QED) is 0.598. The van der Waals surface area contributed by atoms with E-state index in [1.807, 2.05) is 0 Å². The number of ether oxygens (including phenoxy) is 1. The summed E-state index contributed by atoms with van der Waals surface area (Å²) in [5, 5.41) is 0. The molecule has 1 aliphatic heterocycles. The molecule has 5 atom stereocenters. The maximum Gasteiger partial charge on any atom is 0.306 e. The smallest absolute Gasteiger partial charge is 0.306 e. The minimum atomic E-state index is 0.0576. The van der Waals surface area contributed by atoms with E-state index in [4.69, 9.17) is 4.74 Å². The van der Waals surface area contributed by atoms with Crippen LogP contribution in [0.5, 0.6) is 0 Å². The summed E-state index contributed by atoms with van der Waals surface area (Å²) in [6, 6.07) is 0. The largest absolute Gasteiger partial charge is 0.462 e. The maximum absolute atomic E-state index is 11.4. The van der Waals surface area contributed by atoms with Gasteiger partial charge in [0.05, 0.1) is 0 Å². The van der Waals surface area contributed by atoms with Crippen molar-refractivity contribution in [3.8, 4) is 0 Å². The fraction of sp³-hybridized carbons (Fsp3) is 0.917. The van der Waals surface area contributed by atoms with Crippen LogP contribution in [0.1, 0.15) is 33.1 Å². The van der Waals surface area contributed by atoms with E-state index in [-0.39, 0.29) is 12.1 Å². The average Bonchev–Trinajstić information content (AvgIpc) is 2.58. The van der Waals surface area contributed by atoms with Gasteiger partial charge in [-0.15, -0.1) is 0 Å². The van der Waals surface area contributed by atoms with Crippen molar-refractivity contribution in [1.29, 1.82) is 0 Å². The molecule has 0 radical (unpaired) electrons. The highest BCUT2D eigenvalue weighted by molar-refractivity contribution is 5.71. The first-order valence-corrected chi connectivity index (χ1v) is 5.86. The lowest BCUT2D eigenvalue weighted by atomic mass is 9.72. The summed E-state index contributed by atoms with van der Waals surface area (Å²) >= 11 is 0. The first kappa shape index (κ1) is 8.75. The predicted molar refractivity (Wildman–Crippen MR) is 52.5 cm³/mol. The number of fused-ring (bicyclic) bond motifs is 1. The molecule has 3 aliphatic rings. The van der Waals surface area contributed by atoms with Gasteiger partial charge in [-0.05, 0) is 36.5 Å². The zero-order valence-corrected chi connectivity index (χ0v) is 8.90. The van der Waals surface area contributed by atoms with Gasteiger partial charge in [0, 0.05) is 12.3 Å². The Hall–Kier alpha value is -0.530. The van der Waals surface area contributed by atoms with Crippen molar-refractivity contribution in [3.05, 3.63) is 0 Å². The molecule has 1 saturated heterocycles. The Bertz CT molecular complexity index is 271. The molecule has 2 aliphatic carbocycles. The lowest BCUT2D eigenvalue weighted by Gasteiger charge is -2.40. The van der Waals surface area contributed by atoms with Gasteiger partial charge in [-0.2, -0.15) is 0 Å². The Morgan fingerprint density at radius 1 is 1.29 bits per heavy atom. The van der Waals surface area contributed by atoms with Crippen LogP contribution in [0, 0.1) is 29.6 Å². The van der Waals surface area contributed by atoms with Crippen LogP contribution < -0.4 is 0 Å². The number of carbonyl (C=O) groups excluding carboxylic acids is 1. The van der Waals surface area contributed by atoms with E-state index in [0.29, 0.717) is 30.1 Å². The molecule has 2 heteroatoms. The summed E-state index contributed by atoms with van der Waals surface area (Å²) in [5.74, 6) is 3.61. The molecule has 1 heterocycles. The zero-order chi connectivity index (χ0) is 9.87. The average molecular weight is 194 g/mol. The third-order valence-corrected chi connectivity index (χ3v) is 4.60. The summed E-state index contributed by atoms with van der Waals surface area (Å²) in [7, 11) is 0. The summed E-state index contributed by atoms with van der Waals surface area (Å²) in [4.78, 5) is 11.4. The van der Waals surface area contributed by atoms with Gasteiger partial charge in [-0.1, -0.05) is 13.8 Å². The lowest BCUT2D eigenvalue weighted by molar-refractivity contribution is -0.169. The van der Waals surface area contributed by atoms with Gasteiger partial charge < -0.3 is 4.74 Å². The minimum Gasteiger partial charge on any atom is -0.462 e. The molecule has 0 aromatic rings. The second kappa shape index (κ2) is 2.74.